The molecule has 4 rings (SSSR count). The predicted molar refractivity (Wildman–Crippen MR) is 80.4 cm³/mol. The van der Waals surface area contributed by atoms with Crippen LogP contribution in [0.25, 0.3) is 0 Å². The largest absolute Gasteiger partial charge is 0.425 e. The lowest BCUT2D eigenvalue weighted by Crippen LogP contribution is -2.36. The molecule has 3 aromatic rings. The van der Waals surface area contributed by atoms with E-state index in [4.69, 9.17) is 4.74 Å². The van der Waals surface area contributed by atoms with Gasteiger partial charge < -0.3 is 4.74 Å². The molecular weight excluding hydrogens is 276 g/mol. The fourth-order valence-corrected chi connectivity index (χ4v) is 3.07. The molecular formula is C18H12N2O2. The van der Waals surface area contributed by atoms with Gasteiger partial charge in [0.1, 0.15) is 11.2 Å². The minimum Gasteiger partial charge on any atom is -0.425 e. The Kier molecular flexibility index (Phi) is 2.76. The fraction of sp³-hybridized carbons (Fsp3) is 0.0556. The van der Waals surface area contributed by atoms with E-state index in [2.05, 4.69) is 9.97 Å². The van der Waals surface area contributed by atoms with Crippen molar-refractivity contribution >= 4 is 5.97 Å². The van der Waals surface area contributed by atoms with Crippen LogP contribution in [0.3, 0.4) is 0 Å². The average molecular weight is 288 g/mol. The standard InChI is InChI=1S/C18H12N2O2/c21-17-18(13-5-9-19-10-6-13,14-7-11-20-12-8-14)15-3-1-2-4-16(15)22-17/h1-12H. The SMILES string of the molecule is O=C1Oc2ccccc2C1(c1ccncc1)c1ccncc1. The molecule has 0 unspecified atom stereocenters. The van der Waals surface area contributed by atoms with Crippen molar-refractivity contribution in [1.82, 2.24) is 9.97 Å². The highest BCUT2D eigenvalue weighted by molar-refractivity contribution is 5.98. The second-order valence-corrected chi connectivity index (χ2v) is 5.11. The topological polar surface area (TPSA) is 52.1 Å². The van der Waals surface area contributed by atoms with Gasteiger partial charge in [-0.1, -0.05) is 18.2 Å². The van der Waals surface area contributed by atoms with Crippen molar-refractivity contribution in [2.24, 2.45) is 0 Å². The van der Waals surface area contributed by atoms with Gasteiger partial charge in [-0.2, -0.15) is 0 Å². The average Bonchev–Trinajstić information content (AvgIpc) is 2.89. The first-order valence-electron chi connectivity index (χ1n) is 6.96. The maximum absolute atomic E-state index is 12.9. The van der Waals surface area contributed by atoms with Gasteiger partial charge in [0.15, 0.2) is 0 Å². The van der Waals surface area contributed by atoms with Crippen LogP contribution in [0.5, 0.6) is 5.75 Å². The highest BCUT2D eigenvalue weighted by Gasteiger charge is 2.51. The molecule has 4 heteroatoms. The van der Waals surface area contributed by atoms with Gasteiger partial charge in [-0.15, -0.1) is 0 Å². The fourth-order valence-electron chi connectivity index (χ4n) is 3.07. The number of carbonyl (C=O) groups is 1. The van der Waals surface area contributed by atoms with Crippen molar-refractivity contribution in [3.8, 4) is 5.75 Å². The number of aromatic nitrogens is 2. The summed E-state index contributed by atoms with van der Waals surface area (Å²) in [6.07, 6.45) is 6.75. The molecule has 0 aliphatic carbocycles. The molecule has 0 bridgehead atoms. The molecule has 1 aliphatic heterocycles. The van der Waals surface area contributed by atoms with Gasteiger partial charge in [-0.25, -0.2) is 4.79 Å². The van der Waals surface area contributed by atoms with E-state index in [0.717, 1.165) is 16.7 Å². The number of carbonyl (C=O) groups excluding carboxylic acids is 1. The van der Waals surface area contributed by atoms with Crippen molar-refractivity contribution in [2.75, 3.05) is 0 Å². The van der Waals surface area contributed by atoms with Crippen LogP contribution < -0.4 is 4.74 Å². The first kappa shape index (κ1) is 12.7. The van der Waals surface area contributed by atoms with Crippen LogP contribution in [-0.4, -0.2) is 15.9 Å². The Morgan fingerprint density at radius 1 is 0.773 bits per heavy atom. The maximum Gasteiger partial charge on any atom is 0.331 e. The first-order valence-corrected chi connectivity index (χ1v) is 6.96. The van der Waals surface area contributed by atoms with Crippen molar-refractivity contribution in [3.05, 3.63) is 90.0 Å². The van der Waals surface area contributed by atoms with Crippen LogP contribution in [-0.2, 0) is 10.2 Å². The summed E-state index contributed by atoms with van der Waals surface area (Å²) in [6, 6.07) is 14.9. The molecule has 106 valence electrons. The van der Waals surface area contributed by atoms with Crippen molar-refractivity contribution < 1.29 is 9.53 Å². The second-order valence-electron chi connectivity index (χ2n) is 5.11. The molecule has 1 aliphatic rings. The number of hydrogen-bond acceptors (Lipinski definition) is 4. The summed E-state index contributed by atoms with van der Waals surface area (Å²) in [5.41, 5.74) is 1.55. The van der Waals surface area contributed by atoms with Crippen LogP contribution in [0.4, 0.5) is 0 Å². The van der Waals surface area contributed by atoms with Gasteiger partial charge >= 0.3 is 5.97 Å². The van der Waals surface area contributed by atoms with Crippen molar-refractivity contribution in [1.29, 1.82) is 0 Å². The number of para-hydroxylation sites is 1. The third-order valence-corrected chi connectivity index (χ3v) is 4.03. The highest BCUT2D eigenvalue weighted by atomic mass is 16.5. The molecule has 0 amide bonds. The molecule has 0 saturated carbocycles. The molecule has 0 atom stereocenters. The van der Waals surface area contributed by atoms with Crippen LogP contribution in [0.15, 0.2) is 73.3 Å². The Hall–Kier alpha value is -3.01. The van der Waals surface area contributed by atoms with E-state index in [1.54, 1.807) is 24.8 Å². The number of ether oxygens (including phenoxy) is 1. The second kappa shape index (κ2) is 4.77. The molecule has 3 heterocycles. The molecule has 0 fully saturated rings. The number of nitrogens with zero attached hydrogens (tertiary/aromatic N) is 2. The molecule has 0 radical (unpaired) electrons. The molecule has 22 heavy (non-hydrogen) atoms. The number of hydrogen-bond donors (Lipinski definition) is 0. The van der Waals surface area contributed by atoms with Gasteiger partial charge in [0.05, 0.1) is 0 Å². The van der Waals surface area contributed by atoms with Crippen LogP contribution in [0.2, 0.25) is 0 Å². The Bertz CT molecular complexity index is 792. The number of rotatable bonds is 2. The summed E-state index contributed by atoms with van der Waals surface area (Å²) in [4.78, 5) is 21.0. The molecule has 4 nitrogen and oxygen atoms in total. The van der Waals surface area contributed by atoms with E-state index < -0.39 is 5.41 Å². The van der Waals surface area contributed by atoms with Gasteiger partial charge in [-0.05, 0) is 41.5 Å². The summed E-state index contributed by atoms with van der Waals surface area (Å²) in [7, 11) is 0. The van der Waals surface area contributed by atoms with Gasteiger partial charge in [0.25, 0.3) is 0 Å². The molecule has 2 aromatic heterocycles. The van der Waals surface area contributed by atoms with E-state index in [9.17, 15) is 4.79 Å². The molecule has 0 spiro atoms. The third kappa shape index (κ3) is 1.61. The summed E-state index contributed by atoms with van der Waals surface area (Å²) >= 11 is 0. The van der Waals surface area contributed by atoms with E-state index in [0.29, 0.717) is 5.75 Å². The smallest absolute Gasteiger partial charge is 0.331 e. The third-order valence-electron chi connectivity index (χ3n) is 4.03. The quantitative estimate of drug-likeness (QED) is 0.537. The molecule has 1 aromatic carbocycles. The van der Waals surface area contributed by atoms with E-state index in [1.807, 2.05) is 48.5 Å². The minimum absolute atomic E-state index is 0.300. The van der Waals surface area contributed by atoms with Crippen LogP contribution in [0.1, 0.15) is 16.7 Å². The summed E-state index contributed by atoms with van der Waals surface area (Å²) in [5.74, 6) is 0.298. The van der Waals surface area contributed by atoms with E-state index >= 15 is 0 Å². The van der Waals surface area contributed by atoms with Crippen LogP contribution >= 0.6 is 0 Å². The number of pyridine rings is 2. The molecule has 0 saturated heterocycles. The zero-order chi connectivity index (χ0) is 15.0. The van der Waals surface area contributed by atoms with E-state index in [1.165, 1.54) is 0 Å². The normalized spacial score (nSPS) is 15.2. The van der Waals surface area contributed by atoms with E-state index in [-0.39, 0.29) is 5.97 Å². The summed E-state index contributed by atoms with van der Waals surface area (Å²) < 4.78 is 5.55. The van der Waals surface area contributed by atoms with Gasteiger partial charge in [0, 0.05) is 30.4 Å². The zero-order valence-electron chi connectivity index (χ0n) is 11.6. The van der Waals surface area contributed by atoms with Gasteiger partial charge in [0.2, 0.25) is 0 Å². The Balaban J connectivity index is 2.09. The van der Waals surface area contributed by atoms with Crippen LogP contribution in [0, 0.1) is 0 Å². The van der Waals surface area contributed by atoms with Crippen molar-refractivity contribution in [2.45, 2.75) is 5.41 Å². The predicted octanol–water partition coefficient (Wildman–Crippen LogP) is 2.73. The lowest BCUT2D eigenvalue weighted by Gasteiger charge is -2.26. The summed E-state index contributed by atoms with van der Waals surface area (Å²) in [6.45, 7) is 0. The van der Waals surface area contributed by atoms with Gasteiger partial charge in [-0.3, -0.25) is 9.97 Å². The Morgan fingerprint density at radius 2 is 1.32 bits per heavy atom. The number of benzene rings is 1. The number of fused-ring (bicyclic) bond motifs is 1. The minimum atomic E-state index is -0.970. The maximum atomic E-state index is 12.9. The lowest BCUT2D eigenvalue weighted by molar-refractivity contribution is -0.135. The van der Waals surface area contributed by atoms with Crippen molar-refractivity contribution in [3.63, 3.8) is 0 Å². The highest BCUT2D eigenvalue weighted by Crippen LogP contribution is 2.48. The zero-order valence-corrected chi connectivity index (χ0v) is 11.6. The monoisotopic (exact) mass is 288 g/mol. The molecule has 0 N–H and O–H groups in total. The number of esters is 1. The summed E-state index contributed by atoms with van der Waals surface area (Å²) in [5, 5.41) is 0. The lowest BCUT2D eigenvalue weighted by atomic mass is 9.71. The first-order chi connectivity index (χ1) is 10.8. The Labute approximate surface area is 127 Å². The Morgan fingerprint density at radius 3 is 1.91 bits per heavy atom.